The lowest BCUT2D eigenvalue weighted by molar-refractivity contribution is -0.140. The van der Waals surface area contributed by atoms with E-state index in [1.54, 1.807) is 34.0 Å². The zero-order valence-electron chi connectivity index (χ0n) is 20.2. The molecule has 0 aliphatic carbocycles. The molecule has 0 saturated carbocycles. The lowest BCUT2D eigenvalue weighted by Gasteiger charge is -2.34. The molecule has 9 nitrogen and oxygen atoms in total. The molecule has 184 valence electrons. The maximum Gasteiger partial charge on any atom is 0.251 e. The summed E-state index contributed by atoms with van der Waals surface area (Å²) in [5, 5.41) is 10.5. The van der Waals surface area contributed by atoms with Gasteiger partial charge in [0.1, 0.15) is 17.4 Å². The van der Waals surface area contributed by atoms with Crippen LogP contribution in [0.5, 0.6) is 0 Å². The predicted molar refractivity (Wildman–Crippen MR) is 135 cm³/mol. The molecule has 1 fully saturated rings. The molecule has 0 bridgehead atoms. The van der Waals surface area contributed by atoms with Crippen molar-refractivity contribution in [3.8, 4) is 11.3 Å². The second kappa shape index (κ2) is 9.58. The summed E-state index contributed by atoms with van der Waals surface area (Å²) in [5.41, 5.74) is 4.09. The Balaban J connectivity index is 1.57. The maximum atomic E-state index is 13.1. The molecular formula is C27H27N5O4. The van der Waals surface area contributed by atoms with Crippen molar-refractivity contribution in [2.45, 2.75) is 45.3 Å². The summed E-state index contributed by atoms with van der Waals surface area (Å²) in [6.07, 6.45) is 3.90. The fourth-order valence-electron chi connectivity index (χ4n) is 4.86. The Hall–Kier alpha value is -3.98. The molecule has 4 aromatic heterocycles. The minimum absolute atomic E-state index is 0.0515. The molecule has 0 spiro atoms. The van der Waals surface area contributed by atoms with Crippen molar-refractivity contribution in [3.63, 3.8) is 0 Å². The van der Waals surface area contributed by atoms with Gasteiger partial charge in [0.05, 0.1) is 16.7 Å². The van der Waals surface area contributed by atoms with Crippen LogP contribution in [0, 0.1) is 0 Å². The third kappa shape index (κ3) is 4.49. The van der Waals surface area contributed by atoms with E-state index in [2.05, 4.69) is 9.97 Å². The van der Waals surface area contributed by atoms with Gasteiger partial charge in [-0.25, -0.2) is 4.98 Å². The van der Waals surface area contributed by atoms with Crippen LogP contribution < -0.4 is 5.56 Å². The van der Waals surface area contributed by atoms with Crippen molar-refractivity contribution in [3.05, 3.63) is 64.8 Å². The first-order valence-electron chi connectivity index (χ1n) is 12.0. The molecule has 5 rings (SSSR count). The highest BCUT2D eigenvalue weighted by molar-refractivity contribution is 6.01. The molecule has 4 aromatic rings. The molecule has 1 saturated heterocycles. The number of fused-ring (bicyclic) bond motifs is 3. The Morgan fingerprint density at radius 2 is 1.83 bits per heavy atom. The highest BCUT2D eigenvalue weighted by Gasteiger charge is 2.27. The topological polar surface area (TPSA) is 118 Å². The van der Waals surface area contributed by atoms with Gasteiger partial charge >= 0.3 is 0 Å². The highest BCUT2D eigenvalue weighted by Crippen LogP contribution is 2.30. The summed E-state index contributed by atoms with van der Waals surface area (Å²) < 4.78 is 1.79. The molecule has 0 unspecified atom stereocenters. The number of aromatic nitrogens is 4. The summed E-state index contributed by atoms with van der Waals surface area (Å²) in [7, 11) is 0. The number of likely N-dealkylation sites (tertiary alicyclic amines) is 1. The average Bonchev–Trinajstić information content (AvgIpc) is 2.88. The lowest BCUT2D eigenvalue weighted by Crippen LogP contribution is -2.44. The van der Waals surface area contributed by atoms with Crippen molar-refractivity contribution in [2.24, 2.45) is 0 Å². The van der Waals surface area contributed by atoms with E-state index < -0.39 is 6.10 Å². The van der Waals surface area contributed by atoms with Crippen molar-refractivity contribution < 1.29 is 14.7 Å². The van der Waals surface area contributed by atoms with Gasteiger partial charge in [-0.15, -0.1) is 0 Å². The Kier molecular flexibility index (Phi) is 6.32. The van der Waals surface area contributed by atoms with Crippen LogP contribution in [-0.2, 0) is 16.0 Å². The van der Waals surface area contributed by atoms with Crippen LogP contribution in [0.15, 0.2) is 53.6 Å². The van der Waals surface area contributed by atoms with E-state index in [9.17, 15) is 19.5 Å². The number of piperidine rings is 1. The van der Waals surface area contributed by atoms with Crippen LogP contribution in [0.4, 0.5) is 0 Å². The second-order valence-electron chi connectivity index (χ2n) is 9.32. The van der Waals surface area contributed by atoms with E-state index in [-0.39, 0.29) is 29.7 Å². The Morgan fingerprint density at radius 1 is 1.06 bits per heavy atom. The van der Waals surface area contributed by atoms with Crippen LogP contribution in [0.25, 0.3) is 33.2 Å². The number of ketones is 1. The van der Waals surface area contributed by atoms with Gasteiger partial charge in [-0.3, -0.25) is 24.4 Å². The Labute approximate surface area is 207 Å². The van der Waals surface area contributed by atoms with Gasteiger partial charge in [0.2, 0.25) is 0 Å². The van der Waals surface area contributed by atoms with Crippen LogP contribution in [-0.4, -0.2) is 60.4 Å². The SMILES string of the molecule is CC(=O)Cc1ccc(-c2ccc3ncc4ccc(=O)n(C5CCN(C(=O)[C@@H](C)O)CC5)c4c3n2)cn1. The van der Waals surface area contributed by atoms with Crippen LogP contribution in [0.3, 0.4) is 0 Å². The van der Waals surface area contributed by atoms with E-state index in [0.717, 1.165) is 16.5 Å². The first-order valence-corrected chi connectivity index (χ1v) is 12.0. The summed E-state index contributed by atoms with van der Waals surface area (Å²) >= 11 is 0. The third-order valence-electron chi connectivity index (χ3n) is 6.65. The average molecular weight is 486 g/mol. The minimum atomic E-state index is -1.04. The predicted octanol–water partition coefficient (Wildman–Crippen LogP) is 2.68. The summed E-state index contributed by atoms with van der Waals surface area (Å²) in [5.74, 6) is -0.238. The number of hydrogen-bond acceptors (Lipinski definition) is 7. The number of aliphatic hydroxyl groups excluding tert-OH is 1. The van der Waals surface area contributed by atoms with Gasteiger partial charge < -0.3 is 14.6 Å². The molecule has 9 heteroatoms. The van der Waals surface area contributed by atoms with E-state index >= 15 is 0 Å². The molecule has 36 heavy (non-hydrogen) atoms. The first-order chi connectivity index (χ1) is 17.3. The molecule has 1 atom stereocenters. The number of hydrogen-bond donors (Lipinski definition) is 1. The molecule has 1 N–H and O–H groups in total. The van der Waals surface area contributed by atoms with Gasteiger partial charge in [0, 0.05) is 60.7 Å². The van der Waals surface area contributed by atoms with Gasteiger partial charge in [-0.05, 0) is 57.0 Å². The number of aliphatic hydroxyl groups is 1. The number of amides is 1. The number of carbonyl (C=O) groups excluding carboxylic acids is 2. The van der Waals surface area contributed by atoms with Crippen molar-refractivity contribution in [1.82, 2.24) is 24.4 Å². The summed E-state index contributed by atoms with van der Waals surface area (Å²) in [4.78, 5) is 52.2. The van der Waals surface area contributed by atoms with Crippen LogP contribution in [0.2, 0.25) is 0 Å². The van der Waals surface area contributed by atoms with Crippen molar-refractivity contribution in [1.29, 1.82) is 0 Å². The molecule has 0 aromatic carbocycles. The molecular weight excluding hydrogens is 458 g/mol. The quantitative estimate of drug-likeness (QED) is 0.432. The first kappa shape index (κ1) is 23.7. The number of Topliss-reactive ketones (excluding diaryl/α,β-unsaturated/α-hetero) is 1. The minimum Gasteiger partial charge on any atom is -0.384 e. The van der Waals surface area contributed by atoms with E-state index in [1.807, 2.05) is 24.3 Å². The van der Waals surface area contributed by atoms with Crippen molar-refractivity contribution >= 4 is 33.6 Å². The standard InChI is InChI=1S/C27H27N5O4/c1-16(33)13-20-5-3-18(14-28-20)22-6-7-23-25(30-22)26-19(15-29-23)4-8-24(35)32(26)21-9-11-31(12-10-21)27(36)17(2)34/h3-8,14-15,17,21,34H,9-13H2,1-2H3/t17-/m1/s1. The Morgan fingerprint density at radius 3 is 2.50 bits per heavy atom. The van der Waals surface area contributed by atoms with Gasteiger partial charge in [0.15, 0.2) is 0 Å². The van der Waals surface area contributed by atoms with Crippen LogP contribution >= 0.6 is 0 Å². The smallest absolute Gasteiger partial charge is 0.251 e. The van der Waals surface area contributed by atoms with E-state index in [1.165, 1.54) is 13.8 Å². The normalized spacial score (nSPS) is 15.4. The fraction of sp³-hybridized carbons (Fsp3) is 0.333. The lowest BCUT2D eigenvalue weighted by atomic mass is 10.0. The second-order valence-corrected chi connectivity index (χ2v) is 9.32. The number of nitrogens with zero attached hydrogens (tertiary/aromatic N) is 5. The number of carbonyl (C=O) groups is 2. The third-order valence-corrected chi connectivity index (χ3v) is 6.65. The summed E-state index contributed by atoms with van der Waals surface area (Å²) in [6, 6.07) is 10.7. The zero-order valence-corrected chi connectivity index (χ0v) is 20.2. The molecule has 1 aliphatic heterocycles. The van der Waals surface area contributed by atoms with Crippen LogP contribution in [0.1, 0.15) is 38.4 Å². The highest BCUT2D eigenvalue weighted by atomic mass is 16.3. The maximum absolute atomic E-state index is 13.1. The molecule has 5 heterocycles. The Bertz CT molecular complexity index is 1520. The van der Waals surface area contributed by atoms with E-state index in [0.29, 0.717) is 48.4 Å². The van der Waals surface area contributed by atoms with Gasteiger partial charge in [0.25, 0.3) is 11.5 Å². The fourth-order valence-corrected chi connectivity index (χ4v) is 4.86. The molecule has 0 radical (unpaired) electrons. The number of pyridine rings is 4. The largest absolute Gasteiger partial charge is 0.384 e. The van der Waals surface area contributed by atoms with Gasteiger partial charge in [-0.1, -0.05) is 0 Å². The summed E-state index contributed by atoms with van der Waals surface area (Å²) in [6.45, 7) is 3.94. The number of rotatable bonds is 5. The molecule has 1 amide bonds. The monoisotopic (exact) mass is 485 g/mol. The van der Waals surface area contributed by atoms with Crippen molar-refractivity contribution in [2.75, 3.05) is 13.1 Å². The molecule has 1 aliphatic rings. The zero-order chi connectivity index (χ0) is 25.4. The van der Waals surface area contributed by atoms with E-state index in [4.69, 9.17) is 4.98 Å². The van der Waals surface area contributed by atoms with Gasteiger partial charge in [-0.2, -0.15) is 0 Å².